The summed E-state index contributed by atoms with van der Waals surface area (Å²) in [6.45, 7) is 4.60. The number of carbonyl (C=O) groups excluding carboxylic acids is 2. The van der Waals surface area contributed by atoms with Crippen molar-refractivity contribution >= 4 is 23.4 Å². The molecule has 1 aliphatic carbocycles. The van der Waals surface area contributed by atoms with Crippen molar-refractivity contribution in [3.63, 3.8) is 0 Å². The Morgan fingerprint density at radius 1 is 1.27 bits per heavy atom. The maximum Gasteiger partial charge on any atom is 0.237 e. The van der Waals surface area contributed by atoms with E-state index in [1.807, 2.05) is 11.8 Å². The highest BCUT2D eigenvalue weighted by molar-refractivity contribution is 6.30. The Hall–Kier alpha value is -1.79. The van der Waals surface area contributed by atoms with Gasteiger partial charge in [-0.25, -0.2) is 0 Å². The quantitative estimate of drug-likeness (QED) is 0.817. The zero-order valence-corrected chi connectivity index (χ0v) is 16.1. The van der Waals surface area contributed by atoms with Crippen molar-refractivity contribution in [3.05, 3.63) is 28.8 Å². The van der Waals surface area contributed by atoms with Gasteiger partial charge in [0.05, 0.1) is 19.6 Å². The van der Waals surface area contributed by atoms with Crippen LogP contribution >= 0.6 is 11.6 Å². The van der Waals surface area contributed by atoms with Crippen LogP contribution in [0.25, 0.3) is 0 Å². The number of ether oxygens (including phenoxy) is 1. The van der Waals surface area contributed by atoms with Crippen molar-refractivity contribution in [1.29, 1.82) is 0 Å². The number of benzene rings is 1. The normalized spacial score (nSPS) is 19.1. The van der Waals surface area contributed by atoms with Crippen molar-refractivity contribution in [3.8, 4) is 5.75 Å². The standard InChI is InChI=1S/C19H26ClN3O3/c1-13(19(25)21-16-4-5-16)22-7-9-23(10-8-22)18(24)12-14-11-15(20)3-6-17(14)26-2/h3,6,11,13,16H,4-5,7-10,12H2,1-2H3,(H,21,25). The minimum Gasteiger partial charge on any atom is -0.496 e. The van der Waals surface area contributed by atoms with E-state index >= 15 is 0 Å². The zero-order valence-electron chi connectivity index (χ0n) is 15.3. The first-order chi connectivity index (χ1) is 12.5. The summed E-state index contributed by atoms with van der Waals surface area (Å²) < 4.78 is 5.32. The molecule has 0 spiro atoms. The molecule has 0 aromatic heterocycles. The number of nitrogens with zero attached hydrogens (tertiary/aromatic N) is 2. The van der Waals surface area contributed by atoms with Crippen molar-refractivity contribution in [2.45, 2.75) is 38.3 Å². The number of piperazine rings is 1. The fraction of sp³-hybridized carbons (Fsp3) is 0.579. The van der Waals surface area contributed by atoms with E-state index in [-0.39, 0.29) is 24.3 Å². The van der Waals surface area contributed by atoms with Crippen LogP contribution in [0.15, 0.2) is 18.2 Å². The Morgan fingerprint density at radius 2 is 1.96 bits per heavy atom. The van der Waals surface area contributed by atoms with Crippen LogP contribution in [0.3, 0.4) is 0 Å². The van der Waals surface area contributed by atoms with E-state index in [2.05, 4.69) is 10.2 Å². The number of nitrogens with one attached hydrogen (secondary N) is 1. The van der Waals surface area contributed by atoms with Gasteiger partial charge in [0.25, 0.3) is 0 Å². The van der Waals surface area contributed by atoms with Gasteiger partial charge < -0.3 is 15.0 Å². The summed E-state index contributed by atoms with van der Waals surface area (Å²) in [5.41, 5.74) is 0.796. The number of methoxy groups -OCH3 is 1. The summed E-state index contributed by atoms with van der Waals surface area (Å²) in [4.78, 5) is 28.8. The third-order valence-electron chi connectivity index (χ3n) is 5.10. The molecule has 2 amide bonds. The SMILES string of the molecule is COc1ccc(Cl)cc1CC(=O)N1CCN(C(C)C(=O)NC2CC2)CC1. The molecule has 1 saturated carbocycles. The molecule has 1 aliphatic heterocycles. The summed E-state index contributed by atoms with van der Waals surface area (Å²) in [6.07, 6.45) is 2.45. The van der Waals surface area contributed by atoms with Gasteiger partial charge in [0.15, 0.2) is 0 Å². The van der Waals surface area contributed by atoms with Gasteiger partial charge >= 0.3 is 0 Å². The lowest BCUT2D eigenvalue weighted by atomic mass is 10.1. The number of carbonyl (C=O) groups is 2. The molecule has 0 bridgehead atoms. The molecule has 3 rings (SSSR count). The Balaban J connectivity index is 1.52. The minimum absolute atomic E-state index is 0.0558. The summed E-state index contributed by atoms with van der Waals surface area (Å²) in [5.74, 6) is 0.822. The summed E-state index contributed by atoms with van der Waals surface area (Å²) >= 11 is 6.04. The molecule has 1 atom stereocenters. The van der Waals surface area contributed by atoms with Crippen LogP contribution < -0.4 is 10.1 Å². The number of hydrogen-bond donors (Lipinski definition) is 1. The first kappa shape index (κ1) is 19.0. The highest BCUT2D eigenvalue weighted by Crippen LogP contribution is 2.24. The fourth-order valence-electron chi connectivity index (χ4n) is 3.23. The molecule has 7 heteroatoms. The first-order valence-corrected chi connectivity index (χ1v) is 9.50. The van der Waals surface area contributed by atoms with Crippen molar-refractivity contribution in [2.75, 3.05) is 33.3 Å². The third kappa shape index (κ3) is 4.68. The molecule has 2 fully saturated rings. The number of halogens is 1. The Kier molecular flexibility index (Phi) is 6.04. The molecule has 1 heterocycles. The van der Waals surface area contributed by atoms with Gasteiger partial charge in [-0.05, 0) is 38.0 Å². The van der Waals surface area contributed by atoms with Gasteiger partial charge in [-0.2, -0.15) is 0 Å². The molecule has 6 nitrogen and oxygen atoms in total. The Bertz CT molecular complexity index is 670. The molecule has 26 heavy (non-hydrogen) atoms. The average molecular weight is 380 g/mol. The largest absolute Gasteiger partial charge is 0.496 e. The van der Waals surface area contributed by atoms with Crippen LogP contribution in [0.4, 0.5) is 0 Å². The molecule has 1 unspecified atom stereocenters. The molecule has 1 aromatic carbocycles. The van der Waals surface area contributed by atoms with Crippen LogP contribution in [0.5, 0.6) is 5.75 Å². The van der Waals surface area contributed by atoms with Gasteiger partial charge in [-0.1, -0.05) is 11.6 Å². The lowest BCUT2D eigenvalue weighted by molar-refractivity contribution is -0.133. The van der Waals surface area contributed by atoms with Crippen LogP contribution in [0.2, 0.25) is 5.02 Å². The molecule has 0 radical (unpaired) electrons. The van der Waals surface area contributed by atoms with E-state index in [0.29, 0.717) is 43.0 Å². The fourth-order valence-corrected chi connectivity index (χ4v) is 3.43. The van der Waals surface area contributed by atoms with E-state index < -0.39 is 0 Å². The molecule has 1 aromatic rings. The smallest absolute Gasteiger partial charge is 0.237 e. The van der Waals surface area contributed by atoms with E-state index in [4.69, 9.17) is 16.3 Å². The monoisotopic (exact) mass is 379 g/mol. The van der Waals surface area contributed by atoms with Crippen LogP contribution in [0.1, 0.15) is 25.3 Å². The Labute approximate surface area is 159 Å². The summed E-state index contributed by atoms with van der Waals surface area (Å²) in [6, 6.07) is 5.53. The maximum atomic E-state index is 12.6. The Morgan fingerprint density at radius 3 is 2.58 bits per heavy atom. The van der Waals surface area contributed by atoms with Crippen LogP contribution in [0, 0.1) is 0 Å². The van der Waals surface area contributed by atoms with E-state index in [1.54, 1.807) is 25.3 Å². The van der Waals surface area contributed by atoms with Crippen molar-refractivity contribution < 1.29 is 14.3 Å². The van der Waals surface area contributed by atoms with E-state index in [1.165, 1.54) is 0 Å². The zero-order chi connectivity index (χ0) is 18.7. The second-order valence-electron chi connectivity index (χ2n) is 7.01. The number of hydrogen-bond acceptors (Lipinski definition) is 4. The molecular formula is C19H26ClN3O3. The van der Waals surface area contributed by atoms with Crippen molar-refractivity contribution in [1.82, 2.24) is 15.1 Å². The van der Waals surface area contributed by atoms with Gasteiger partial charge in [-0.3, -0.25) is 14.5 Å². The molecule has 142 valence electrons. The van der Waals surface area contributed by atoms with Gasteiger partial charge in [0.1, 0.15) is 5.75 Å². The summed E-state index contributed by atoms with van der Waals surface area (Å²) in [7, 11) is 1.59. The topological polar surface area (TPSA) is 61.9 Å². The molecular weight excluding hydrogens is 354 g/mol. The molecule has 1 N–H and O–H groups in total. The second kappa shape index (κ2) is 8.27. The second-order valence-corrected chi connectivity index (χ2v) is 7.44. The van der Waals surface area contributed by atoms with E-state index in [0.717, 1.165) is 18.4 Å². The first-order valence-electron chi connectivity index (χ1n) is 9.12. The minimum atomic E-state index is -0.152. The number of rotatable bonds is 6. The predicted octanol–water partition coefficient (Wildman–Crippen LogP) is 1.70. The lowest BCUT2D eigenvalue weighted by Gasteiger charge is -2.37. The van der Waals surface area contributed by atoms with Gasteiger partial charge in [-0.15, -0.1) is 0 Å². The highest BCUT2D eigenvalue weighted by atomic mass is 35.5. The van der Waals surface area contributed by atoms with Crippen molar-refractivity contribution in [2.24, 2.45) is 0 Å². The highest BCUT2D eigenvalue weighted by Gasteiger charge is 2.31. The van der Waals surface area contributed by atoms with Gasteiger partial charge in [0.2, 0.25) is 11.8 Å². The van der Waals surface area contributed by atoms with Crippen LogP contribution in [-0.2, 0) is 16.0 Å². The van der Waals surface area contributed by atoms with E-state index in [9.17, 15) is 9.59 Å². The molecule has 2 aliphatic rings. The third-order valence-corrected chi connectivity index (χ3v) is 5.34. The number of amides is 2. The molecule has 1 saturated heterocycles. The average Bonchev–Trinajstić information content (AvgIpc) is 3.45. The predicted molar refractivity (Wildman–Crippen MR) is 100 cm³/mol. The van der Waals surface area contributed by atoms with Crippen LogP contribution in [-0.4, -0.2) is 67.0 Å². The lowest BCUT2D eigenvalue weighted by Crippen LogP contribution is -2.55. The summed E-state index contributed by atoms with van der Waals surface area (Å²) in [5, 5.41) is 3.64. The van der Waals surface area contributed by atoms with Gasteiger partial charge in [0, 0.05) is 42.8 Å². The maximum absolute atomic E-state index is 12.6.